The average Bonchev–Trinajstić information content (AvgIpc) is 2.68. The summed E-state index contributed by atoms with van der Waals surface area (Å²) in [6.45, 7) is 0. The minimum absolute atomic E-state index is 0.0741. The molecule has 0 heterocycles. The van der Waals surface area contributed by atoms with Gasteiger partial charge in [0.05, 0.1) is 18.4 Å². The van der Waals surface area contributed by atoms with E-state index in [0.29, 0.717) is 5.56 Å². The molecule has 2 aromatic carbocycles. The van der Waals surface area contributed by atoms with Crippen LogP contribution >= 0.6 is 0 Å². The van der Waals surface area contributed by atoms with Crippen molar-refractivity contribution >= 4 is 23.9 Å². The molecule has 2 aromatic rings. The third-order valence-electron chi connectivity index (χ3n) is 3.59. The smallest absolute Gasteiger partial charge is 0.335 e. The monoisotopic (exact) mass is 419 g/mol. The Morgan fingerprint density at radius 3 is 1.90 bits per heavy atom. The number of hydrogen-bond acceptors (Lipinski definition) is 7. The van der Waals surface area contributed by atoms with Crippen LogP contribution in [-0.4, -0.2) is 50.3 Å². The van der Waals surface area contributed by atoms with Gasteiger partial charge < -0.3 is 30.9 Å². The lowest BCUT2D eigenvalue weighted by Gasteiger charge is -2.07. The molecule has 0 aliphatic carbocycles. The van der Waals surface area contributed by atoms with Crippen molar-refractivity contribution in [3.63, 3.8) is 0 Å². The van der Waals surface area contributed by atoms with Crippen molar-refractivity contribution in [2.45, 2.75) is 25.3 Å². The van der Waals surface area contributed by atoms with Crippen molar-refractivity contribution in [1.82, 2.24) is 0 Å². The maximum Gasteiger partial charge on any atom is 0.335 e. The highest BCUT2D eigenvalue weighted by atomic mass is 16.5. The lowest BCUT2D eigenvalue weighted by atomic mass is 10.1. The number of phenolic OH excluding ortho intramolecular Hbond substituents is 1. The Morgan fingerprint density at radius 2 is 1.43 bits per heavy atom. The Bertz CT molecular complexity index is 876. The highest BCUT2D eigenvalue weighted by molar-refractivity contribution is 5.87. The number of nitrogens with two attached hydrogens (primary N) is 1. The van der Waals surface area contributed by atoms with Crippen molar-refractivity contribution < 1.29 is 44.3 Å². The van der Waals surface area contributed by atoms with Crippen molar-refractivity contribution in [2.75, 3.05) is 0 Å². The second kappa shape index (κ2) is 11.8. The number of hydrogen-bond donors (Lipinski definition) is 5. The van der Waals surface area contributed by atoms with Crippen LogP contribution in [0.15, 0.2) is 48.5 Å². The Labute approximate surface area is 171 Å². The molecule has 0 saturated heterocycles. The third kappa shape index (κ3) is 9.33. The number of aromatic carboxylic acids is 1. The lowest BCUT2D eigenvalue weighted by molar-refractivity contribution is -0.142. The first-order valence-corrected chi connectivity index (χ1v) is 8.60. The van der Waals surface area contributed by atoms with E-state index >= 15 is 0 Å². The van der Waals surface area contributed by atoms with Gasteiger partial charge in [-0.1, -0.05) is 12.1 Å². The molecule has 0 unspecified atom stereocenters. The van der Waals surface area contributed by atoms with Gasteiger partial charge in [-0.2, -0.15) is 0 Å². The molecule has 1 atom stereocenters. The Morgan fingerprint density at radius 1 is 0.867 bits per heavy atom. The van der Waals surface area contributed by atoms with E-state index in [1.54, 1.807) is 12.1 Å². The molecule has 0 aromatic heterocycles. The summed E-state index contributed by atoms with van der Waals surface area (Å²) in [6, 6.07) is 10.6. The van der Waals surface area contributed by atoms with E-state index in [4.69, 9.17) is 30.9 Å². The molecule has 160 valence electrons. The Hall–Kier alpha value is -3.92. The number of phenols is 1. The number of carboxylic acid groups (broad SMARTS) is 3. The summed E-state index contributed by atoms with van der Waals surface area (Å²) in [4.78, 5) is 42.4. The summed E-state index contributed by atoms with van der Waals surface area (Å²) in [6.07, 6.45) is -0.325. The minimum Gasteiger partial charge on any atom is -0.508 e. The van der Waals surface area contributed by atoms with Crippen LogP contribution in [0.5, 0.6) is 11.5 Å². The van der Waals surface area contributed by atoms with Gasteiger partial charge in [0.1, 0.15) is 17.5 Å². The maximum atomic E-state index is 11.3. The van der Waals surface area contributed by atoms with Crippen LogP contribution in [0.25, 0.3) is 0 Å². The first-order chi connectivity index (χ1) is 14.1. The molecule has 0 bridgehead atoms. The molecular formula is C20H21NO9. The predicted molar refractivity (Wildman–Crippen MR) is 103 cm³/mol. The quantitative estimate of drug-likeness (QED) is 0.310. The predicted octanol–water partition coefficient (Wildman–Crippen LogP) is 1.50. The fraction of sp³-hybridized carbons (Fsp3) is 0.200. The van der Waals surface area contributed by atoms with E-state index in [2.05, 4.69) is 0 Å². The van der Waals surface area contributed by atoms with Crippen molar-refractivity contribution in [3.8, 4) is 11.5 Å². The van der Waals surface area contributed by atoms with Gasteiger partial charge in [-0.25, -0.2) is 4.79 Å². The first kappa shape index (κ1) is 24.1. The van der Waals surface area contributed by atoms with Crippen molar-refractivity contribution in [2.24, 2.45) is 5.73 Å². The number of ether oxygens (including phenoxy) is 1. The molecule has 6 N–H and O–H groups in total. The SMILES string of the molecule is N[C@@H](Cc1ccc(OC(=O)CCC(=O)O)cc1)C(=O)O.O=C(O)c1ccc(O)cc1. The molecule has 0 aliphatic heterocycles. The number of carbonyl (C=O) groups excluding carboxylic acids is 1. The minimum atomic E-state index is -1.09. The van der Waals surface area contributed by atoms with Crippen LogP contribution in [0.2, 0.25) is 0 Å². The van der Waals surface area contributed by atoms with Gasteiger partial charge in [0.25, 0.3) is 0 Å². The summed E-state index contributed by atoms with van der Waals surface area (Å²) in [5, 5.41) is 34.2. The van der Waals surface area contributed by atoms with Crippen LogP contribution in [0, 0.1) is 0 Å². The highest BCUT2D eigenvalue weighted by Gasteiger charge is 2.12. The molecule has 0 radical (unpaired) electrons. The number of rotatable bonds is 8. The number of carbonyl (C=O) groups is 4. The van der Waals surface area contributed by atoms with Crippen molar-refractivity contribution in [1.29, 1.82) is 0 Å². The molecule has 2 rings (SSSR count). The van der Waals surface area contributed by atoms with E-state index < -0.39 is 29.9 Å². The van der Waals surface area contributed by atoms with E-state index in [1.165, 1.54) is 36.4 Å². The van der Waals surface area contributed by atoms with Gasteiger partial charge in [0.15, 0.2) is 0 Å². The third-order valence-corrected chi connectivity index (χ3v) is 3.59. The zero-order valence-corrected chi connectivity index (χ0v) is 15.7. The van der Waals surface area contributed by atoms with Crippen molar-refractivity contribution in [3.05, 3.63) is 59.7 Å². The Balaban J connectivity index is 0.000000375. The summed E-state index contributed by atoms with van der Waals surface area (Å²) < 4.78 is 4.92. The second-order valence-electron chi connectivity index (χ2n) is 6.01. The lowest BCUT2D eigenvalue weighted by Crippen LogP contribution is -2.32. The molecule has 0 aliphatic rings. The zero-order chi connectivity index (χ0) is 22.7. The molecule has 0 amide bonds. The molecule has 0 spiro atoms. The summed E-state index contributed by atoms with van der Waals surface area (Å²) in [5.41, 5.74) is 6.27. The van der Waals surface area contributed by atoms with Crippen LogP contribution in [-0.2, 0) is 20.8 Å². The normalized spacial score (nSPS) is 10.8. The fourth-order valence-corrected chi connectivity index (χ4v) is 2.03. The van der Waals surface area contributed by atoms with Gasteiger partial charge >= 0.3 is 23.9 Å². The number of benzene rings is 2. The van der Waals surface area contributed by atoms with Crippen LogP contribution < -0.4 is 10.5 Å². The molecule has 0 fully saturated rings. The van der Waals surface area contributed by atoms with Crippen LogP contribution in [0.1, 0.15) is 28.8 Å². The van der Waals surface area contributed by atoms with Gasteiger partial charge in [-0.3, -0.25) is 14.4 Å². The van der Waals surface area contributed by atoms with E-state index in [1.807, 2.05) is 0 Å². The second-order valence-corrected chi connectivity index (χ2v) is 6.01. The topological polar surface area (TPSA) is 184 Å². The van der Waals surface area contributed by atoms with Crippen LogP contribution in [0.3, 0.4) is 0 Å². The molecule has 0 saturated carbocycles. The highest BCUT2D eigenvalue weighted by Crippen LogP contribution is 2.14. The summed E-state index contributed by atoms with van der Waals surface area (Å²) in [5.74, 6) is -3.44. The van der Waals surface area contributed by atoms with Crippen LogP contribution in [0.4, 0.5) is 0 Å². The largest absolute Gasteiger partial charge is 0.508 e. The number of esters is 1. The molecular weight excluding hydrogens is 398 g/mol. The van der Waals surface area contributed by atoms with Gasteiger partial charge in [-0.05, 0) is 48.4 Å². The molecule has 30 heavy (non-hydrogen) atoms. The summed E-state index contributed by atoms with van der Waals surface area (Å²) in [7, 11) is 0. The first-order valence-electron chi connectivity index (χ1n) is 8.60. The fourth-order valence-electron chi connectivity index (χ4n) is 2.03. The maximum absolute atomic E-state index is 11.3. The summed E-state index contributed by atoms with van der Waals surface area (Å²) >= 11 is 0. The standard InChI is InChI=1S/C13H15NO6.C7H6O3/c14-10(13(18)19)7-8-1-3-9(4-2-8)20-12(17)6-5-11(15)16;8-6-3-1-5(2-4-6)7(9)10/h1-4,10H,5-7,14H2,(H,15,16)(H,18,19);1-4,8H,(H,9,10)/t10-;/m0./s1. The van der Waals surface area contributed by atoms with E-state index in [-0.39, 0.29) is 36.3 Å². The van der Waals surface area contributed by atoms with E-state index in [9.17, 15) is 19.2 Å². The van der Waals surface area contributed by atoms with Gasteiger partial charge in [0.2, 0.25) is 0 Å². The van der Waals surface area contributed by atoms with Gasteiger partial charge in [-0.15, -0.1) is 0 Å². The Kier molecular flexibility index (Phi) is 9.50. The zero-order valence-electron chi connectivity index (χ0n) is 15.7. The average molecular weight is 419 g/mol. The molecule has 10 heteroatoms. The van der Waals surface area contributed by atoms with Gasteiger partial charge in [0, 0.05) is 0 Å². The van der Waals surface area contributed by atoms with E-state index in [0.717, 1.165) is 0 Å². The number of aromatic hydroxyl groups is 1. The number of aliphatic carboxylic acids is 2. The number of carboxylic acids is 3. The molecule has 10 nitrogen and oxygen atoms in total.